The van der Waals surface area contributed by atoms with Gasteiger partial charge in [0, 0.05) is 11.6 Å². The van der Waals surface area contributed by atoms with Gasteiger partial charge in [0.2, 0.25) is 5.91 Å². The van der Waals surface area contributed by atoms with E-state index in [2.05, 4.69) is 34.9 Å². The van der Waals surface area contributed by atoms with Gasteiger partial charge in [0.15, 0.2) is 0 Å². The van der Waals surface area contributed by atoms with Crippen molar-refractivity contribution in [2.45, 2.75) is 37.8 Å². The number of aryl methyl sites for hydroxylation is 1. The van der Waals surface area contributed by atoms with Crippen LogP contribution in [0.25, 0.3) is 0 Å². The van der Waals surface area contributed by atoms with Gasteiger partial charge in [-0.2, -0.15) is 0 Å². The lowest BCUT2D eigenvalue weighted by Gasteiger charge is -2.21. The molecule has 110 valence electrons. The molecule has 1 fully saturated rings. The standard InChI is InChI=1S/C15H20N2OS.ClH/c18-15(14-9-19-10-16-14)17-13-8-4-2-6-11-5-1-3-7-12(11)13;/h1,3,5,7,13-14,16H,2,4,6,8-10H2,(H,17,18);1H. The van der Waals surface area contributed by atoms with Crippen LogP contribution in [-0.4, -0.2) is 23.6 Å². The number of amides is 1. The van der Waals surface area contributed by atoms with E-state index < -0.39 is 0 Å². The highest BCUT2D eigenvalue weighted by molar-refractivity contribution is 7.99. The Morgan fingerprint density at radius 2 is 2.15 bits per heavy atom. The van der Waals surface area contributed by atoms with E-state index in [4.69, 9.17) is 0 Å². The number of hydrogen-bond donors (Lipinski definition) is 2. The average molecular weight is 313 g/mol. The highest BCUT2D eigenvalue weighted by Gasteiger charge is 2.26. The summed E-state index contributed by atoms with van der Waals surface area (Å²) in [6.45, 7) is 0. The molecule has 2 atom stereocenters. The summed E-state index contributed by atoms with van der Waals surface area (Å²) in [5, 5.41) is 6.48. The first-order chi connectivity index (χ1) is 9.34. The van der Waals surface area contributed by atoms with Crippen molar-refractivity contribution >= 4 is 30.1 Å². The van der Waals surface area contributed by atoms with E-state index in [1.165, 1.54) is 24.0 Å². The molecule has 5 heteroatoms. The third-order valence-electron chi connectivity index (χ3n) is 3.97. The number of rotatable bonds is 2. The summed E-state index contributed by atoms with van der Waals surface area (Å²) < 4.78 is 0. The maximum atomic E-state index is 12.2. The Morgan fingerprint density at radius 1 is 1.30 bits per heavy atom. The molecule has 1 amide bonds. The molecule has 0 bridgehead atoms. The number of fused-ring (bicyclic) bond motifs is 1. The Morgan fingerprint density at radius 3 is 2.95 bits per heavy atom. The van der Waals surface area contributed by atoms with Gasteiger partial charge in [-0.25, -0.2) is 0 Å². The molecule has 0 radical (unpaired) electrons. The molecule has 0 aromatic heterocycles. The van der Waals surface area contributed by atoms with Gasteiger partial charge in [-0.15, -0.1) is 24.2 Å². The zero-order valence-electron chi connectivity index (χ0n) is 11.4. The maximum absolute atomic E-state index is 12.2. The third-order valence-corrected chi connectivity index (χ3v) is 4.91. The van der Waals surface area contributed by atoms with Gasteiger partial charge >= 0.3 is 0 Å². The van der Waals surface area contributed by atoms with Crippen molar-refractivity contribution in [1.82, 2.24) is 10.6 Å². The number of nitrogens with one attached hydrogen (secondary N) is 2. The number of carbonyl (C=O) groups is 1. The summed E-state index contributed by atoms with van der Waals surface area (Å²) in [5.74, 6) is 1.94. The van der Waals surface area contributed by atoms with Crippen LogP contribution < -0.4 is 10.6 Å². The van der Waals surface area contributed by atoms with Gasteiger partial charge in [0.1, 0.15) is 0 Å². The normalized spacial score (nSPS) is 25.2. The van der Waals surface area contributed by atoms with Crippen molar-refractivity contribution in [3.63, 3.8) is 0 Å². The van der Waals surface area contributed by atoms with Gasteiger partial charge in [-0.3, -0.25) is 10.1 Å². The zero-order chi connectivity index (χ0) is 13.1. The summed E-state index contributed by atoms with van der Waals surface area (Å²) in [6.07, 6.45) is 4.61. The van der Waals surface area contributed by atoms with Crippen LogP contribution in [-0.2, 0) is 11.2 Å². The Kier molecular flexibility index (Phi) is 5.75. The van der Waals surface area contributed by atoms with E-state index in [1.807, 2.05) is 0 Å². The molecular formula is C15H21ClN2OS. The molecule has 1 aliphatic carbocycles. The van der Waals surface area contributed by atoms with E-state index in [0.29, 0.717) is 0 Å². The van der Waals surface area contributed by atoms with Crippen LogP contribution in [0.15, 0.2) is 24.3 Å². The summed E-state index contributed by atoms with van der Waals surface area (Å²) in [4.78, 5) is 12.2. The van der Waals surface area contributed by atoms with Crippen LogP contribution in [0.3, 0.4) is 0 Å². The molecule has 2 aliphatic rings. The largest absolute Gasteiger partial charge is 0.348 e. The first kappa shape index (κ1) is 15.7. The number of benzene rings is 1. The minimum Gasteiger partial charge on any atom is -0.348 e. The van der Waals surface area contributed by atoms with Crippen LogP contribution in [0.1, 0.15) is 36.4 Å². The first-order valence-electron chi connectivity index (χ1n) is 7.04. The molecule has 20 heavy (non-hydrogen) atoms. The molecule has 1 aromatic rings. The van der Waals surface area contributed by atoms with Crippen molar-refractivity contribution in [1.29, 1.82) is 0 Å². The molecule has 0 spiro atoms. The SMILES string of the molecule is Cl.O=C(NC1CCCCc2ccccc21)C1CSCN1. The summed E-state index contributed by atoms with van der Waals surface area (Å²) in [6, 6.07) is 8.72. The van der Waals surface area contributed by atoms with Gasteiger partial charge in [0.25, 0.3) is 0 Å². The molecule has 1 saturated heterocycles. The fourth-order valence-corrected chi connectivity index (χ4v) is 3.85. The Labute approximate surface area is 130 Å². The summed E-state index contributed by atoms with van der Waals surface area (Å²) in [5.41, 5.74) is 2.72. The highest BCUT2D eigenvalue weighted by atomic mass is 35.5. The van der Waals surface area contributed by atoms with Crippen LogP contribution >= 0.6 is 24.2 Å². The highest BCUT2D eigenvalue weighted by Crippen LogP contribution is 2.28. The number of halogens is 1. The fourth-order valence-electron chi connectivity index (χ4n) is 2.91. The van der Waals surface area contributed by atoms with Crippen LogP contribution in [0.2, 0.25) is 0 Å². The quantitative estimate of drug-likeness (QED) is 0.825. The fraction of sp³-hybridized carbons (Fsp3) is 0.533. The molecule has 1 aliphatic heterocycles. The molecule has 2 unspecified atom stereocenters. The number of hydrogen-bond acceptors (Lipinski definition) is 3. The lowest BCUT2D eigenvalue weighted by molar-refractivity contribution is -0.123. The van der Waals surface area contributed by atoms with E-state index in [1.54, 1.807) is 11.8 Å². The van der Waals surface area contributed by atoms with E-state index in [9.17, 15) is 4.79 Å². The molecule has 1 heterocycles. The van der Waals surface area contributed by atoms with Crippen LogP contribution in [0, 0.1) is 0 Å². The van der Waals surface area contributed by atoms with Crippen molar-refractivity contribution in [3.05, 3.63) is 35.4 Å². The van der Waals surface area contributed by atoms with Crippen molar-refractivity contribution < 1.29 is 4.79 Å². The second-order valence-electron chi connectivity index (χ2n) is 5.28. The Bertz CT molecular complexity index is 463. The van der Waals surface area contributed by atoms with Crippen molar-refractivity contribution in [2.24, 2.45) is 0 Å². The smallest absolute Gasteiger partial charge is 0.238 e. The minimum absolute atomic E-state index is 0. The zero-order valence-corrected chi connectivity index (χ0v) is 13.1. The second-order valence-corrected chi connectivity index (χ2v) is 6.31. The Hall–Kier alpha value is -0.710. The summed E-state index contributed by atoms with van der Waals surface area (Å²) in [7, 11) is 0. The maximum Gasteiger partial charge on any atom is 0.238 e. The molecule has 2 N–H and O–H groups in total. The van der Waals surface area contributed by atoms with Crippen molar-refractivity contribution in [3.8, 4) is 0 Å². The van der Waals surface area contributed by atoms with E-state index in [0.717, 1.165) is 24.5 Å². The lowest BCUT2D eigenvalue weighted by Crippen LogP contribution is -2.43. The predicted octanol–water partition coefficient (Wildman–Crippen LogP) is 2.65. The monoisotopic (exact) mass is 312 g/mol. The lowest BCUT2D eigenvalue weighted by atomic mass is 9.99. The van der Waals surface area contributed by atoms with Gasteiger partial charge in [0.05, 0.1) is 12.1 Å². The molecule has 0 saturated carbocycles. The van der Waals surface area contributed by atoms with E-state index in [-0.39, 0.29) is 30.4 Å². The second kappa shape index (κ2) is 7.34. The van der Waals surface area contributed by atoms with E-state index >= 15 is 0 Å². The molecule has 3 rings (SSSR count). The van der Waals surface area contributed by atoms with Gasteiger partial charge in [-0.1, -0.05) is 30.7 Å². The topological polar surface area (TPSA) is 41.1 Å². The van der Waals surface area contributed by atoms with Crippen LogP contribution in [0.5, 0.6) is 0 Å². The molecule has 1 aromatic carbocycles. The van der Waals surface area contributed by atoms with Gasteiger partial charge < -0.3 is 5.32 Å². The average Bonchev–Trinajstić information content (AvgIpc) is 2.90. The molecular weight excluding hydrogens is 292 g/mol. The number of carbonyl (C=O) groups excluding carboxylic acids is 1. The minimum atomic E-state index is -0.0135. The number of thioether (sulfide) groups is 1. The Balaban J connectivity index is 0.00000147. The van der Waals surface area contributed by atoms with Crippen molar-refractivity contribution in [2.75, 3.05) is 11.6 Å². The van der Waals surface area contributed by atoms with Crippen LogP contribution in [0.4, 0.5) is 0 Å². The predicted molar refractivity (Wildman–Crippen MR) is 86.4 cm³/mol. The third kappa shape index (κ3) is 3.48. The summed E-state index contributed by atoms with van der Waals surface area (Å²) >= 11 is 1.79. The van der Waals surface area contributed by atoms with Gasteiger partial charge in [-0.05, 0) is 30.4 Å². The molecule has 3 nitrogen and oxygen atoms in total. The first-order valence-corrected chi connectivity index (χ1v) is 8.19.